The van der Waals surface area contributed by atoms with E-state index in [0.29, 0.717) is 29.0 Å². The molecule has 1 fully saturated rings. The summed E-state index contributed by atoms with van der Waals surface area (Å²) in [5.74, 6) is 1.80. The maximum absolute atomic E-state index is 12.5. The van der Waals surface area contributed by atoms with Crippen molar-refractivity contribution in [1.29, 1.82) is 0 Å². The first-order valence-corrected chi connectivity index (χ1v) is 12.9. The average molecular weight is 499 g/mol. The van der Waals surface area contributed by atoms with Crippen LogP contribution < -0.4 is 10.6 Å². The van der Waals surface area contributed by atoms with Crippen LogP contribution in [-0.2, 0) is 14.6 Å². The van der Waals surface area contributed by atoms with Crippen LogP contribution in [0.5, 0.6) is 0 Å². The first-order chi connectivity index (χ1) is 16.1. The second kappa shape index (κ2) is 9.48. The largest absolute Gasteiger partial charge is 0.461 e. The third kappa shape index (κ3) is 5.76. The molecule has 0 radical (unpaired) electrons. The summed E-state index contributed by atoms with van der Waals surface area (Å²) in [7, 11) is -3.44. The van der Waals surface area contributed by atoms with Crippen LogP contribution in [0.4, 0.5) is 11.4 Å². The molecule has 1 aromatic heterocycles. The molecule has 1 aliphatic rings. The molecule has 2 atom stereocenters. The Morgan fingerprint density at radius 3 is 2.53 bits per heavy atom. The molecular weight excluding hydrogens is 476 g/mol. The Labute approximate surface area is 202 Å². The molecule has 1 saturated carbocycles. The summed E-state index contributed by atoms with van der Waals surface area (Å²) >= 11 is 6.28. The Morgan fingerprint density at radius 1 is 1.09 bits per heavy atom. The molecule has 34 heavy (non-hydrogen) atoms. The lowest BCUT2D eigenvalue weighted by molar-refractivity contribution is -0.111. The van der Waals surface area contributed by atoms with Gasteiger partial charge in [0.25, 0.3) is 5.91 Å². The molecular formula is C25H23ClN2O5S. The molecule has 9 heteroatoms. The van der Waals surface area contributed by atoms with Gasteiger partial charge in [0, 0.05) is 29.5 Å². The fourth-order valence-electron chi connectivity index (χ4n) is 3.47. The SMILES string of the molecule is CC1CC1c1ccc(/C=C/C(=O)Nc2ccc(NC(=O)c3cccc(S(C)(=O)=O)c3)c(Cl)c2)o1. The van der Waals surface area contributed by atoms with Crippen molar-refractivity contribution in [2.24, 2.45) is 5.92 Å². The first-order valence-electron chi connectivity index (χ1n) is 10.6. The summed E-state index contributed by atoms with van der Waals surface area (Å²) in [6.45, 7) is 2.18. The molecule has 3 aromatic rings. The highest BCUT2D eigenvalue weighted by Crippen LogP contribution is 2.47. The molecule has 4 rings (SSSR count). The number of carbonyl (C=O) groups is 2. The predicted molar refractivity (Wildman–Crippen MR) is 132 cm³/mol. The van der Waals surface area contributed by atoms with Gasteiger partial charge in [-0.15, -0.1) is 0 Å². The zero-order valence-corrected chi connectivity index (χ0v) is 20.1. The third-order valence-corrected chi connectivity index (χ3v) is 6.95. The van der Waals surface area contributed by atoms with Crippen LogP contribution in [0, 0.1) is 5.92 Å². The van der Waals surface area contributed by atoms with Gasteiger partial charge in [-0.1, -0.05) is 24.6 Å². The number of hydrogen-bond donors (Lipinski definition) is 2. The van der Waals surface area contributed by atoms with Crippen molar-refractivity contribution >= 4 is 50.7 Å². The van der Waals surface area contributed by atoms with Gasteiger partial charge in [-0.2, -0.15) is 0 Å². The van der Waals surface area contributed by atoms with Crippen molar-refractivity contribution in [3.05, 3.63) is 82.8 Å². The molecule has 2 amide bonds. The van der Waals surface area contributed by atoms with Crippen LogP contribution in [0.25, 0.3) is 6.08 Å². The number of furan rings is 1. The molecule has 7 nitrogen and oxygen atoms in total. The van der Waals surface area contributed by atoms with E-state index in [1.54, 1.807) is 18.2 Å². The minimum atomic E-state index is -3.44. The zero-order chi connectivity index (χ0) is 24.5. The van der Waals surface area contributed by atoms with E-state index in [2.05, 4.69) is 17.6 Å². The van der Waals surface area contributed by atoms with Crippen molar-refractivity contribution in [3.63, 3.8) is 0 Å². The Balaban J connectivity index is 1.37. The Morgan fingerprint density at radius 2 is 1.85 bits per heavy atom. The number of sulfone groups is 1. The lowest BCUT2D eigenvalue weighted by Crippen LogP contribution is -2.13. The molecule has 176 valence electrons. The molecule has 1 aliphatic carbocycles. The highest BCUT2D eigenvalue weighted by molar-refractivity contribution is 7.90. The van der Waals surface area contributed by atoms with E-state index in [-0.39, 0.29) is 21.4 Å². The molecule has 2 aromatic carbocycles. The molecule has 1 heterocycles. The van der Waals surface area contributed by atoms with Crippen LogP contribution >= 0.6 is 11.6 Å². The summed E-state index contributed by atoms with van der Waals surface area (Å²) < 4.78 is 29.2. The second-order valence-electron chi connectivity index (χ2n) is 8.33. The van der Waals surface area contributed by atoms with Crippen LogP contribution in [-0.4, -0.2) is 26.5 Å². The van der Waals surface area contributed by atoms with Gasteiger partial charge in [0.15, 0.2) is 9.84 Å². The maximum atomic E-state index is 12.5. The number of hydrogen-bond acceptors (Lipinski definition) is 5. The third-order valence-electron chi connectivity index (χ3n) is 5.53. The molecule has 2 N–H and O–H groups in total. The monoisotopic (exact) mass is 498 g/mol. The van der Waals surface area contributed by atoms with E-state index in [1.165, 1.54) is 36.4 Å². The number of halogens is 1. The van der Waals surface area contributed by atoms with Crippen LogP contribution in [0.3, 0.4) is 0 Å². The maximum Gasteiger partial charge on any atom is 0.255 e. The Kier molecular flexibility index (Phi) is 6.63. The summed E-state index contributed by atoms with van der Waals surface area (Å²) in [5.41, 5.74) is 0.949. The quantitative estimate of drug-likeness (QED) is 0.426. The topological polar surface area (TPSA) is 105 Å². The van der Waals surface area contributed by atoms with Gasteiger partial charge in [0.2, 0.25) is 5.91 Å². The van der Waals surface area contributed by atoms with Gasteiger partial charge < -0.3 is 15.1 Å². The average Bonchev–Trinajstić information content (AvgIpc) is 3.32. The van der Waals surface area contributed by atoms with E-state index in [9.17, 15) is 18.0 Å². The van der Waals surface area contributed by atoms with Crippen molar-refractivity contribution in [2.75, 3.05) is 16.9 Å². The molecule has 0 saturated heterocycles. The second-order valence-corrected chi connectivity index (χ2v) is 10.8. The van der Waals surface area contributed by atoms with Crippen LogP contribution in [0.1, 0.15) is 41.1 Å². The number of rotatable bonds is 7. The van der Waals surface area contributed by atoms with Gasteiger partial charge >= 0.3 is 0 Å². The van der Waals surface area contributed by atoms with Gasteiger partial charge in [-0.3, -0.25) is 9.59 Å². The van der Waals surface area contributed by atoms with Crippen molar-refractivity contribution in [3.8, 4) is 0 Å². The minimum absolute atomic E-state index is 0.0465. The lowest BCUT2D eigenvalue weighted by atomic mass is 10.2. The highest BCUT2D eigenvalue weighted by Gasteiger charge is 2.36. The number of anilines is 2. The summed E-state index contributed by atoms with van der Waals surface area (Å²) in [6.07, 6.45) is 5.18. The zero-order valence-electron chi connectivity index (χ0n) is 18.5. The summed E-state index contributed by atoms with van der Waals surface area (Å²) in [6, 6.07) is 14.2. The Bertz CT molecular complexity index is 1390. The fraction of sp³-hybridized carbons (Fsp3) is 0.200. The molecule has 0 bridgehead atoms. The summed E-state index contributed by atoms with van der Waals surface area (Å²) in [4.78, 5) is 24.8. The first kappa shape index (κ1) is 23.8. The standard InChI is InChI=1S/C25H23ClN2O5S/c1-15-12-20(15)23-10-7-18(33-23)8-11-24(29)27-17-6-9-22(21(26)14-17)28-25(30)16-4-3-5-19(13-16)34(2,31)32/h3-11,13-15,20H,12H2,1-2H3,(H,27,29)(H,28,30)/b11-8+. The van der Waals surface area contributed by atoms with E-state index < -0.39 is 15.7 Å². The summed E-state index contributed by atoms with van der Waals surface area (Å²) in [5, 5.41) is 5.57. The fourth-order valence-corrected chi connectivity index (χ4v) is 4.37. The van der Waals surface area contributed by atoms with Gasteiger partial charge in [0.05, 0.1) is 15.6 Å². The van der Waals surface area contributed by atoms with Gasteiger partial charge in [0.1, 0.15) is 11.5 Å². The minimum Gasteiger partial charge on any atom is -0.461 e. The highest BCUT2D eigenvalue weighted by atomic mass is 35.5. The molecule has 0 aliphatic heterocycles. The van der Waals surface area contributed by atoms with E-state index in [1.807, 2.05) is 12.1 Å². The van der Waals surface area contributed by atoms with Gasteiger partial charge in [-0.25, -0.2) is 8.42 Å². The van der Waals surface area contributed by atoms with Crippen LogP contribution in [0.15, 0.2) is 70.0 Å². The van der Waals surface area contributed by atoms with Crippen molar-refractivity contribution < 1.29 is 22.4 Å². The van der Waals surface area contributed by atoms with Crippen molar-refractivity contribution in [2.45, 2.75) is 24.2 Å². The smallest absolute Gasteiger partial charge is 0.255 e. The molecule has 2 unspecified atom stereocenters. The Hall–Kier alpha value is -3.36. The number of benzene rings is 2. The van der Waals surface area contributed by atoms with Crippen molar-refractivity contribution in [1.82, 2.24) is 0 Å². The van der Waals surface area contributed by atoms with E-state index >= 15 is 0 Å². The molecule has 0 spiro atoms. The number of nitrogens with one attached hydrogen (secondary N) is 2. The van der Waals surface area contributed by atoms with Crippen LogP contribution in [0.2, 0.25) is 5.02 Å². The number of carbonyl (C=O) groups excluding carboxylic acids is 2. The number of amides is 2. The van der Waals surface area contributed by atoms with E-state index in [0.717, 1.165) is 18.4 Å². The van der Waals surface area contributed by atoms with Gasteiger partial charge in [-0.05, 0) is 66.9 Å². The van der Waals surface area contributed by atoms with E-state index in [4.69, 9.17) is 16.0 Å². The predicted octanol–water partition coefficient (Wildman–Crippen LogP) is 5.36. The lowest BCUT2D eigenvalue weighted by Gasteiger charge is -2.10. The normalized spacial score (nSPS) is 17.5.